The number of rotatable bonds is 4. The number of aliphatic hydroxyl groups is 1. The number of aliphatic hydroxyl groups excluding tert-OH is 1. The fourth-order valence-corrected chi connectivity index (χ4v) is 1.97. The van der Waals surface area contributed by atoms with Crippen LogP contribution in [0.5, 0.6) is 0 Å². The first-order valence-corrected chi connectivity index (χ1v) is 6.51. The minimum atomic E-state index is -0.0691. The largest absolute Gasteiger partial charge is 0.396 e. The maximum Gasteiger partial charge on any atom is 0.251 e. The third kappa shape index (κ3) is 2.87. The van der Waals surface area contributed by atoms with Crippen molar-refractivity contribution in [3.8, 4) is 0 Å². The lowest BCUT2D eigenvalue weighted by molar-refractivity contribution is 0.0935. The van der Waals surface area contributed by atoms with E-state index in [1.165, 1.54) is 0 Å². The normalized spacial score (nSPS) is 16.6. The Morgan fingerprint density at radius 3 is 2.76 bits per heavy atom. The molecule has 1 aliphatic rings. The number of hydrogen-bond acceptors (Lipinski definition) is 2. The van der Waals surface area contributed by atoms with E-state index in [4.69, 9.17) is 5.11 Å². The molecule has 0 unspecified atom stereocenters. The van der Waals surface area contributed by atoms with Gasteiger partial charge in [0.25, 0.3) is 5.91 Å². The molecule has 0 atom stereocenters. The molecule has 0 aromatic heterocycles. The Balaban J connectivity index is 1.97. The van der Waals surface area contributed by atoms with E-state index in [-0.39, 0.29) is 17.9 Å². The van der Waals surface area contributed by atoms with Crippen LogP contribution < -0.4 is 5.32 Å². The average Bonchev–Trinajstić information content (AvgIpc) is 3.10. The highest BCUT2D eigenvalue weighted by Crippen LogP contribution is 2.44. The zero-order valence-corrected chi connectivity index (χ0v) is 11.4. The Hall–Kier alpha value is -0.870. The smallest absolute Gasteiger partial charge is 0.251 e. The van der Waals surface area contributed by atoms with Crippen LogP contribution >= 0.6 is 15.9 Å². The highest BCUT2D eigenvalue weighted by atomic mass is 79.9. The lowest BCUT2D eigenvalue weighted by Gasteiger charge is -2.13. The lowest BCUT2D eigenvalue weighted by Crippen LogP contribution is -2.31. The van der Waals surface area contributed by atoms with Crippen LogP contribution in [0.15, 0.2) is 22.7 Å². The van der Waals surface area contributed by atoms with E-state index < -0.39 is 0 Å². The molecule has 1 fully saturated rings. The molecule has 0 radical (unpaired) electrons. The summed E-state index contributed by atoms with van der Waals surface area (Å²) in [6.45, 7) is 2.68. The van der Waals surface area contributed by atoms with Gasteiger partial charge in [0, 0.05) is 22.0 Å². The maximum absolute atomic E-state index is 11.9. The summed E-state index contributed by atoms with van der Waals surface area (Å²) in [5, 5.41) is 12.0. The number of aryl methyl sites for hydroxylation is 1. The van der Waals surface area contributed by atoms with E-state index in [0.29, 0.717) is 12.1 Å². The number of carbonyl (C=O) groups is 1. The molecule has 1 aliphatic carbocycles. The van der Waals surface area contributed by atoms with E-state index in [1.807, 2.05) is 19.1 Å². The van der Waals surface area contributed by atoms with Crippen molar-refractivity contribution < 1.29 is 9.90 Å². The lowest BCUT2D eigenvalue weighted by atomic mass is 10.1. The van der Waals surface area contributed by atoms with Gasteiger partial charge in [0.15, 0.2) is 0 Å². The Morgan fingerprint density at radius 1 is 1.53 bits per heavy atom. The van der Waals surface area contributed by atoms with Gasteiger partial charge in [-0.1, -0.05) is 15.9 Å². The zero-order chi connectivity index (χ0) is 12.5. The van der Waals surface area contributed by atoms with Crippen molar-refractivity contribution in [1.82, 2.24) is 5.32 Å². The van der Waals surface area contributed by atoms with Crippen molar-refractivity contribution in [2.45, 2.75) is 19.8 Å². The van der Waals surface area contributed by atoms with Crippen LogP contribution in [0.3, 0.4) is 0 Å². The predicted octanol–water partition coefficient (Wildman–Crippen LogP) is 2.26. The highest BCUT2D eigenvalue weighted by Gasteiger charge is 2.42. The SMILES string of the molecule is Cc1cc(C(=O)NCC2(CO)CC2)ccc1Br. The van der Waals surface area contributed by atoms with Crippen molar-refractivity contribution in [2.24, 2.45) is 5.41 Å². The first-order valence-electron chi connectivity index (χ1n) is 5.72. The topological polar surface area (TPSA) is 49.3 Å². The van der Waals surface area contributed by atoms with Crippen LogP contribution in [-0.4, -0.2) is 24.2 Å². The third-order valence-electron chi connectivity index (χ3n) is 3.34. The van der Waals surface area contributed by atoms with Crippen molar-refractivity contribution in [3.63, 3.8) is 0 Å². The Labute approximate surface area is 109 Å². The molecule has 1 aromatic carbocycles. The van der Waals surface area contributed by atoms with Crippen LogP contribution in [0.25, 0.3) is 0 Å². The summed E-state index contributed by atoms with van der Waals surface area (Å²) >= 11 is 3.41. The first-order chi connectivity index (χ1) is 8.06. The molecule has 0 aliphatic heterocycles. The summed E-state index contributed by atoms with van der Waals surface area (Å²) in [6.07, 6.45) is 2.01. The highest BCUT2D eigenvalue weighted by molar-refractivity contribution is 9.10. The molecule has 0 saturated heterocycles. The van der Waals surface area contributed by atoms with Gasteiger partial charge in [0.2, 0.25) is 0 Å². The van der Waals surface area contributed by atoms with Gasteiger partial charge in [-0.3, -0.25) is 4.79 Å². The second-order valence-electron chi connectivity index (χ2n) is 4.80. The summed E-state index contributed by atoms with van der Waals surface area (Å²) < 4.78 is 1.00. The Bertz CT molecular complexity index is 441. The fraction of sp³-hybridized carbons (Fsp3) is 0.462. The van der Waals surface area contributed by atoms with Gasteiger partial charge in [0.1, 0.15) is 0 Å². The monoisotopic (exact) mass is 297 g/mol. The second-order valence-corrected chi connectivity index (χ2v) is 5.66. The molecule has 17 heavy (non-hydrogen) atoms. The third-order valence-corrected chi connectivity index (χ3v) is 4.23. The van der Waals surface area contributed by atoms with Crippen LogP contribution in [0.4, 0.5) is 0 Å². The van der Waals surface area contributed by atoms with Gasteiger partial charge >= 0.3 is 0 Å². The molecule has 2 rings (SSSR count). The molecular weight excluding hydrogens is 282 g/mol. The molecule has 0 bridgehead atoms. The molecule has 3 nitrogen and oxygen atoms in total. The minimum absolute atomic E-state index is 0.0416. The van der Waals surface area contributed by atoms with E-state index in [1.54, 1.807) is 6.07 Å². The summed E-state index contributed by atoms with van der Waals surface area (Å²) in [7, 11) is 0. The maximum atomic E-state index is 11.9. The van der Waals surface area contributed by atoms with E-state index in [2.05, 4.69) is 21.2 Å². The van der Waals surface area contributed by atoms with Crippen molar-refractivity contribution in [1.29, 1.82) is 0 Å². The number of carbonyl (C=O) groups excluding carboxylic acids is 1. The van der Waals surface area contributed by atoms with E-state index in [9.17, 15) is 4.79 Å². The van der Waals surface area contributed by atoms with Crippen LogP contribution in [0.2, 0.25) is 0 Å². The number of halogens is 1. The van der Waals surface area contributed by atoms with E-state index in [0.717, 1.165) is 22.9 Å². The molecule has 1 saturated carbocycles. The molecule has 0 heterocycles. The quantitative estimate of drug-likeness (QED) is 0.896. The van der Waals surface area contributed by atoms with Crippen LogP contribution in [0.1, 0.15) is 28.8 Å². The molecule has 1 amide bonds. The number of amides is 1. The number of nitrogens with one attached hydrogen (secondary N) is 1. The standard InChI is InChI=1S/C13H16BrNO2/c1-9-6-10(2-3-11(9)14)12(17)15-7-13(8-16)4-5-13/h2-3,6,16H,4-5,7-8H2,1H3,(H,15,17). The summed E-state index contributed by atoms with van der Waals surface area (Å²) in [5.74, 6) is -0.0691. The molecule has 0 spiro atoms. The molecule has 1 aromatic rings. The molecule has 2 N–H and O–H groups in total. The van der Waals surface area contributed by atoms with Crippen molar-refractivity contribution in [3.05, 3.63) is 33.8 Å². The van der Waals surface area contributed by atoms with Gasteiger partial charge < -0.3 is 10.4 Å². The molecule has 4 heteroatoms. The van der Waals surface area contributed by atoms with Gasteiger partial charge in [-0.05, 0) is 43.5 Å². The molecular formula is C13H16BrNO2. The van der Waals surface area contributed by atoms with Gasteiger partial charge in [-0.2, -0.15) is 0 Å². The summed E-state index contributed by atoms with van der Waals surface area (Å²) in [4.78, 5) is 11.9. The summed E-state index contributed by atoms with van der Waals surface area (Å²) in [6, 6.07) is 5.53. The van der Waals surface area contributed by atoms with Crippen LogP contribution in [0, 0.1) is 12.3 Å². The summed E-state index contributed by atoms with van der Waals surface area (Å²) in [5.41, 5.74) is 1.67. The number of benzene rings is 1. The van der Waals surface area contributed by atoms with Crippen LogP contribution in [-0.2, 0) is 0 Å². The first kappa shape index (κ1) is 12.6. The molecule has 92 valence electrons. The van der Waals surface area contributed by atoms with Crippen molar-refractivity contribution >= 4 is 21.8 Å². The Morgan fingerprint density at radius 2 is 2.24 bits per heavy atom. The van der Waals surface area contributed by atoms with E-state index >= 15 is 0 Å². The number of hydrogen-bond donors (Lipinski definition) is 2. The van der Waals surface area contributed by atoms with Crippen molar-refractivity contribution in [2.75, 3.05) is 13.2 Å². The van der Waals surface area contributed by atoms with Gasteiger partial charge in [0.05, 0.1) is 6.61 Å². The predicted molar refractivity (Wildman–Crippen MR) is 70.0 cm³/mol. The second kappa shape index (κ2) is 4.78. The minimum Gasteiger partial charge on any atom is -0.396 e. The average molecular weight is 298 g/mol. The fourth-order valence-electron chi connectivity index (χ4n) is 1.72. The van der Waals surface area contributed by atoms with Gasteiger partial charge in [-0.25, -0.2) is 0 Å². The zero-order valence-electron chi connectivity index (χ0n) is 9.79. The Kier molecular flexibility index (Phi) is 3.54. The van der Waals surface area contributed by atoms with Gasteiger partial charge in [-0.15, -0.1) is 0 Å².